The Labute approximate surface area is 188 Å². The van der Waals surface area contributed by atoms with Crippen LogP contribution in [0.4, 0.5) is 5.69 Å². The second kappa shape index (κ2) is 9.46. The van der Waals surface area contributed by atoms with Gasteiger partial charge in [-0.05, 0) is 73.1 Å². The molecule has 0 bridgehead atoms. The van der Waals surface area contributed by atoms with E-state index in [0.29, 0.717) is 18.9 Å². The van der Waals surface area contributed by atoms with Crippen LogP contribution in [0.3, 0.4) is 0 Å². The summed E-state index contributed by atoms with van der Waals surface area (Å²) in [6.07, 6.45) is 6.57. The number of Topliss-reactive ketones (excluding diaryl/α,β-unsaturated/α-hetero) is 1. The van der Waals surface area contributed by atoms with E-state index >= 15 is 0 Å². The quantitative estimate of drug-likeness (QED) is 0.419. The van der Waals surface area contributed by atoms with Gasteiger partial charge in [0.05, 0.1) is 6.61 Å². The first kappa shape index (κ1) is 22.5. The number of carbonyl (C=O) groups is 1. The predicted molar refractivity (Wildman–Crippen MR) is 128 cm³/mol. The number of carbonyl (C=O) groups excluding carboxylic acids is 1. The fraction of sp³-hybridized carbons (Fsp3) is 0.667. The minimum Gasteiger partial charge on any atom is -0.384 e. The molecule has 1 aromatic rings. The number of benzene rings is 1. The number of ketones is 1. The van der Waals surface area contributed by atoms with Gasteiger partial charge in [0.1, 0.15) is 0 Å². The molecule has 1 saturated heterocycles. The molecule has 0 N–H and O–H groups in total. The van der Waals surface area contributed by atoms with E-state index in [4.69, 9.17) is 4.74 Å². The molecule has 2 aliphatic carbocycles. The summed E-state index contributed by atoms with van der Waals surface area (Å²) in [5.41, 5.74) is 5.13. The lowest BCUT2D eigenvalue weighted by Gasteiger charge is -2.41. The SMILES string of the molecule is C=C1CC(c2cc(C(=O)CCOC)ccc2N2CCN(CC3CC3)CC2)CC(C)(C)C1. The van der Waals surface area contributed by atoms with E-state index in [1.54, 1.807) is 7.11 Å². The third-order valence-corrected chi connectivity index (χ3v) is 7.31. The highest BCUT2D eigenvalue weighted by molar-refractivity contribution is 5.96. The van der Waals surface area contributed by atoms with E-state index in [-0.39, 0.29) is 11.2 Å². The molecule has 3 fully saturated rings. The third kappa shape index (κ3) is 5.78. The zero-order valence-electron chi connectivity index (χ0n) is 19.8. The number of hydrogen-bond donors (Lipinski definition) is 0. The Morgan fingerprint density at radius 3 is 2.58 bits per heavy atom. The van der Waals surface area contributed by atoms with Gasteiger partial charge in [-0.2, -0.15) is 0 Å². The number of ether oxygens (including phenoxy) is 1. The molecule has 2 saturated carbocycles. The van der Waals surface area contributed by atoms with Crippen LogP contribution in [0.15, 0.2) is 30.4 Å². The van der Waals surface area contributed by atoms with Crippen molar-refractivity contribution in [1.29, 1.82) is 0 Å². The van der Waals surface area contributed by atoms with E-state index in [1.165, 1.54) is 36.2 Å². The molecule has 0 aromatic heterocycles. The van der Waals surface area contributed by atoms with E-state index in [2.05, 4.69) is 42.4 Å². The zero-order valence-corrected chi connectivity index (χ0v) is 19.8. The fourth-order valence-corrected chi connectivity index (χ4v) is 5.65. The highest BCUT2D eigenvalue weighted by Gasteiger charge is 2.34. The Morgan fingerprint density at radius 2 is 1.94 bits per heavy atom. The average Bonchev–Trinajstić information content (AvgIpc) is 3.55. The van der Waals surface area contributed by atoms with Crippen molar-refractivity contribution < 1.29 is 9.53 Å². The molecule has 1 heterocycles. The predicted octanol–water partition coefficient (Wildman–Crippen LogP) is 5.29. The van der Waals surface area contributed by atoms with Crippen molar-refractivity contribution in [1.82, 2.24) is 4.90 Å². The first-order valence-electron chi connectivity index (χ1n) is 12.1. The van der Waals surface area contributed by atoms with Crippen LogP contribution < -0.4 is 4.90 Å². The van der Waals surface area contributed by atoms with Crippen LogP contribution in [0.5, 0.6) is 0 Å². The largest absolute Gasteiger partial charge is 0.384 e. The topological polar surface area (TPSA) is 32.8 Å². The summed E-state index contributed by atoms with van der Waals surface area (Å²) in [4.78, 5) is 18.0. The van der Waals surface area contributed by atoms with Gasteiger partial charge in [-0.1, -0.05) is 26.0 Å². The number of methoxy groups -OCH3 is 1. The van der Waals surface area contributed by atoms with Crippen LogP contribution >= 0.6 is 0 Å². The summed E-state index contributed by atoms with van der Waals surface area (Å²) >= 11 is 0. The monoisotopic (exact) mass is 424 g/mol. The summed E-state index contributed by atoms with van der Waals surface area (Å²) in [6.45, 7) is 15.3. The lowest BCUT2D eigenvalue weighted by molar-refractivity contribution is 0.0932. The molecule has 1 aromatic carbocycles. The lowest BCUT2D eigenvalue weighted by atomic mass is 9.68. The number of nitrogens with zero attached hydrogens (tertiary/aromatic N) is 2. The Kier molecular flexibility index (Phi) is 6.88. The second-order valence-corrected chi connectivity index (χ2v) is 10.9. The second-order valence-electron chi connectivity index (χ2n) is 10.9. The van der Waals surface area contributed by atoms with E-state index in [0.717, 1.165) is 56.9 Å². The summed E-state index contributed by atoms with van der Waals surface area (Å²) in [5, 5.41) is 0. The molecule has 0 spiro atoms. The molecule has 4 rings (SSSR count). The molecule has 1 unspecified atom stereocenters. The highest BCUT2D eigenvalue weighted by atomic mass is 16.5. The van der Waals surface area contributed by atoms with Crippen LogP contribution in [0, 0.1) is 11.3 Å². The zero-order chi connectivity index (χ0) is 22.0. The normalized spacial score (nSPS) is 24.4. The van der Waals surface area contributed by atoms with Gasteiger partial charge < -0.3 is 9.64 Å². The van der Waals surface area contributed by atoms with Crippen LogP contribution in [-0.2, 0) is 4.74 Å². The Bertz CT molecular complexity index is 803. The first-order chi connectivity index (χ1) is 14.8. The van der Waals surface area contributed by atoms with Crippen molar-refractivity contribution in [2.75, 3.05) is 51.3 Å². The average molecular weight is 425 g/mol. The van der Waals surface area contributed by atoms with Crippen LogP contribution in [0.2, 0.25) is 0 Å². The Hall–Kier alpha value is -1.65. The maximum atomic E-state index is 12.8. The molecule has 1 aliphatic heterocycles. The smallest absolute Gasteiger partial charge is 0.165 e. The summed E-state index contributed by atoms with van der Waals surface area (Å²) in [6, 6.07) is 6.45. The summed E-state index contributed by atoms with van der Waals surface area (Å²) in [5.74, 6) is 1.57. The van der Waals surface area contributed by atoms with E-state index < -0.39 is 0 Å². The highest BCUT2D eigenvalue weighted by Crippen LogP contribution is 2.47. The molecule has 4 nitrogen and oxygen atoms in total. The molecule has 1 atom stereocenters. The number of piperazine rings is 1. The molecule has 31 heavy (non-hydrogen) atoms. The van der Waals surface area contributed by atoms with Crippen molar-refractivity contribution in [2.24, 2.45) is 11.3 Å². The fourth-order valence-electron chi connectivity index (χ4n) is 5.65. The van der Waals surface area contributed by atoms with E-state index in [1.807, 2.05) is 6.07 Å². The third-order valence-electron chi connectivity index (χ3n) is 7.31. The van der Waals surface area contributed by atoms with Crippen molar-refractivity contribution in [2.45, 2.75) is 58.3 Å². The molecule has 170 valence electrons. The minimum atomic E-state index is 0.179. The Balaban J connectivity index is 1.57. The molecular weight excluding hydrogens is 384 g/mol. The number of anilines is 1. The summed E-state index contributed by atoms with van der Waals surface area (Å²) < 4.78 is 5.14. The van der Waals surface area contributed by atoms with Crippen molar-refractivity contribution in [3.8, 4) is 0 Å². The van der Waals surface area contributed by atoms with Crippen molar-refractivity contribution in [3.05, 3.63) is 41.5 Å². The van der Waals surface area contributed by atoms with Gasteiger partial charge in [0.15, 0.2) is 5.78 Å². The lowest BCUT2D eigenvalue weighted by Crippen LogP contribution is -2.47. The summed E-state index contributed by atoms with van der Waals surface area (Å²) in [7, 11) is 1.65. The van der Waals surface area contributed by atoms with Gasteiger partial charge >= 0.3 is 0 Å². The van der Waals surface area contributed by atoms with Crippen LogP contribution in [-0.4, -0.2) is 57.1 Å². The van der Waals surface area contributed by atoms with Crippen molar-refractivity contribution in [3.63, 3.8) is 0 Å². The Morgan fingerprint density at radius 1 is 1.19 bits per heavy atom. The number of hydrogen-bond acceptors (Lipinski definition) is 4. The molecule has 0 radical (unpaired) electrons. The molecule has 3 aliphatic rings. The molecular formula is C27H40N2O2. The molecule has 0 amide bonds. The van der Waals surface area contributed by atoms with Crippen LogP contribution in [0.1, 0.15) is 74.2 Å². The van der Waals surface area contributed by atoms with Crippen LogP contribution in [0.25, 0.3) is 0 Å². The van der Waals surface area contributed by atoms with Gasteiger partial charge in [0, 0.05) is 57.5 Å². The van der Waals surface area contributed by atoms with Gasteiger partial charge in [-0.15, -0.1) is 0 Å². The number of allylic oxidation sites excluding steroid dienone is 1. The minimum absolute atomic E-state index is 0.179. The molecule has 4 heteroatoms. The van der Waals surface area contributed by atoms with Gasteiger partial charge in [-0.3, -0.25) is 9.69 Å². The van der Waals surface area contributed by atoms with Crippen molar-refractivity contribution >= 4 is 11.5 Å². The maximum Gasteiger partial charge on any atom is 0.165 e. The van der Waals surface area contributed by atoms with Gasteiger partial charge in [0.2, 0.25) is 0 Å². The van der Waals surface area contributed by atoms with Gasteiger partial charge in [0.25, 0.3) is 0 Å². The maximum absolute atomic E-state index is 12.8. The van der Waals surface area contributed by atoms with E-state index in [9.17, 15) is 4.79 Å². The first-order valence-corrected chi connectivity index (χ1v) is 12.1. The number of rotatable bonds is 8. The standard InChI is InChI=1S/C27H40N2O2/c1-20-15-23(18-27(2,3)17-20)24-16-22(26(30)9-14-31-4)7-8-25(24)29-12-10-28(11-13-29)19-21-5-6-21/h7-8,16,21,23H,1,5-6,9-15,17-19H2,2-4H3. The van der Waals surface area contributed by atoms with Gasteiger partial charge in [-0.25, -0.2) is 0 Å².